The van der Waals surface area contributed by atoms with Crippen LogP contribution in [0.15, 0.2) is 18.2 Å². The maximum Gasteiger partial charge on any atom is 0.123 e. The number of aromatic hydroxyl groups is 1. The second-order valence-corrected chi connectivity index (χ2v) is 6.08. The molecule has 3 nitrogen and oxygen atoms in total. The van der Waals surface area contributed by atoms with E-state index in [2.05, 4.69) is 11.9 Å². The van der Waals surface area contributed by atoms with Crippen LogP contribution in [0.3, 0.4) is 0 Å². The molecule has 1 aromatic carbocycles. The predicted octanol–water partition coefficient (Wildman–Crippen LogP) is 2.28. The van der Waals surface area contributed by atoms with Gasteiger partial charge in [-0.05, 0) is 44.5 Å². The SMILES string of the molecule is CN1[C@@H]2CCC[C@]3(C2)c2cc(O)ccc2OC[C@@H]13. The van der Waals surface area contributed by atoms with Crippen LogP contribution in [0.4, 0.5) is 0 Å². The zero-order valence-corrected chi connectivity index (χ0v) is 10.7. The van der Waals surface area contributed by atoms with Crippen LogP contribution in [0.25, 0.3) is 0 Å². The van der Waals surface area contributed by atoms with Crippen LogP contribution in [-0.4, -0.2) is 35.7 Å². The van der Waals surface area contributed by atoms with Crippen molar-refractivity contribution < 1.29 is 9.84 Å². The molecule has 2 aliphatic heterocycles. The van der Waals surface area contributed by atoms with Gasteiger partial charge >= 0.3 is 0 Å². The average Bonchev–Trinajstić information content (AvgIpc) is 2.58. The molecule has 0 unspecified atom stereocenters. The van der Waals surface area contributed by atoms with Crippen LogP contribution in [0.1, 0.15) is 31.2 Å². The molecule has 1 N–H and O–H groups in total. The van der Waals surface area contributed by atoms with E-state index in [1.807, 2.05) is 12.1 Å². The highest BCUT2D eigenvalue weighted by Gasteiger charge is 2.56. The highest BCUT2D eigenvalue weighted by Crippen LogP contribution is 2.55. The number of rotatable bonds is 0. The lowest BCUT2D eigenvalue weighted by Crippen LogP contribution is -2.47. The summed E-state index contributed by atoms with van der Waals surface area (Å²) in [7, 11) is 2.24. The summed E-state index contributed by atoms with van der Waals surface area (Å²) in [6.45, 7) is 0.796. The Kier molecular flexibility index (Phi) is 2.03. The molecule has 3 aliphatic rings. The van der Waals surface area contributed by atoms with Gasteiger partial charge in [-0.3, -0.25) is 4.90 Å². The Labute approximate surface area is 107 Å². The summed E-state index contributed by atoms with van der Waals surface area (Å²) in [5, 5.41) is 9.80. The molecule has 2 bridgehead atoms. The molecule has 3 heteroatoms. The van der Waals surface area contributed by atoms with Crippen molar-refractivity contribution >= 4 is 0 Å². The van der Waals surface area contributed by atoms with Gasteiger partial charge in [0.1, 0.15) is 18.1 Å². The Hall–Kier alpha value is -1.22. The number of phenolic OH excluding ortho intramolecular Hbond substituents is 1. The Balaban J connectivity index is 1.90. The number of hydrogen-bond acceptors (Lipinski definition) is 3. The lowest BCUT2D eigenvalue weighted by atomic mass is 9.66. The monoisotopic (exact) mass is 245 g/mol. The first kappa shape index (κ1) is 10.7. The fourth-order valence-corrected chi connectivity index (χ4v) is 4.48. The van der Waals surface area contributed by atoms with E-state index >= 15 is 0 Å². The zero-order valence-electron chi connectivity index (χ0n) is 10.7. The first-order chi connectivity index (χ1) is 8.71. The van der Waals surface area contributed by atoms with Gasteiger partial charge in [-0.15, -0.1) is 0 Å². The molecule has 1 saturated heterocycles. The second kappa shape index (κ2) is 3.41. The van der Waals surface area contributed by atoms with Crippen LogP contribution in [0, 0.1) is 0 Å². The molecule has 0 aromatic heterocycles. The Morgan fingerprint density at radius 1 is 1.44 bits per heavy atom. The summed E-state index contributed by atoms with van der Waals surface area (Å²) in [6, 6.07) is 6.77. The molecule has 2 heterocycles. The van der Waals surface area contributed by atoms with E-state index in [0.29, 0.717) is 17.8 Å². The van der Waals surface area contributed by atoms with E-state index in [9.17, 15) is 5.11 Å². The summed E-state index contributed by atoms with van der Waals surface area (Å²) in [6.07, 6.45) is 5.07. The van der Waals surface area contributed by atoms with Crippen molar-refractivity contribution in [3.63, 3.8) is 0 Å². The van der Waals surface area contributed by atoms with E-state index in [1.165, 1.54) is 31.2 Å². The van der Waals surface area contributed by atoms with Crippen molar-refractivity contribution in [2.24, 2.45) is 0 Å². The average molecular weight is 245 g/mol. The van der Waals surface area contributed by atoms with Crippen LogP contribution < -0.4 is 4.74 Å². The normalized spacial score (nSPS) is 37.8. The fraction of sp³-hybridized carbons (Fsp3) is 0.600. The highest BCUT2D eigenvalue weighted by molar-refractivity contribution is 5.48. The first-order valence-electron chi connectivity index (χ1n) is 6.89. The number of ether oxygens (including phenoxy) is 1. The number of benzene rings is 1. The minimum atomic E-state index is 0.226. The standard InChI is InChI=1S/C15H19NO2/c1-16-10-3-2-6-15(8-10)12-7-11(17)4-5-13(12)18-9-14(15)16/h4-5,7,10,14,17H,2-3,6,8-9H2,1H3/t10-,14-,15+/m1/s1. The summed E-state index contributed by atoms with van der Waals surface area (Å²) in [4.78, 5) is 2.51. The van der Waals surface area contributed by atoms with Gasteiger partial charge < -0.3 is 9.84 Å². The van der Waals surface area contributed by atoms with Crippen LogP contribution in [-0.2, 0) is 5.41 Å². The fourth-order valence-electron chi connectivity index (χ4n) is 4.48. The third-order valence-corrected chi connectivity index (χ3v) is 5.36. The summed E-state index contributed by atoms with van der Waals surface area (Å²) < 4.78 is 5.91. The Morgan fingerprint density at radius 3 is 3.22 bits per heavy atom. The molecule has 0 radical (unpaired) electrons. The molecule has 4 rings (SSSR count). The molecule has 1 aliphatic carbocycles. The van der Waals surface area contributed by atoms with E-state index in [4.69, 9.17) is 4.74 Å². The predicted molar refractivity (Wildman–Crippen MR) is 69.1 cm³/mol. The maximum absolute atomic E-state index is 9.80. The molecule has 0 amide bonds. The third kappa shape index (κ3) is 1.18. The number of likely N-dealkylation sites (N-methyl/N-ethyl adjacent to an activating group) is 1. The minimum Gasteiger partial charge on any atom is -0.508 e. The van der Waals surface area contributed by atoms with Crippen molar-refractivity contribution in [3.05, 3.63) is 23.8 Å². The number of nitrogens with zero attached hydrogens (tertiary/aromatic N) is 1. The van der Waals surface area contributed by atoms with Gasteiger partial charge in [0.25, 0.3) is 0 Å². The Morgan fingerprint density at radius 2 is 2.33 bits per heavy atom. The molecule has 1 spiro atoms. The third-order valence-electron chi connectivity index (χ3n) is 5.36. The van der Waals surface area contributed by atoms with Crippen LogP contribution in [0.5, 0.6) is 11.5 Å². The first-order valence-corrected chi connectivity index (χ1v) is 6.89. The van der Waals surface area contributed by atoms with Gasteiger partial charge in [0.2, 0.25) is 0 Å². The quantitative estimate of drug-likeness (QED) is 0.761. The van der Waals surface area contributed by atoms with Crippen LogP contribution >= 0.6 is 0 Å². The van der Waals surface area contributed by atoms with E-state index in [1.54, 1.807) is 6.07 Å². The number of phenols is 1. The lowest BCUT2D eigenvalue weighted by molar-refractivity contribution is 0.121. The van der Waals surface area contributed by atoms with Crippen molar-refractivity contribution in [1.82, 2.24) is 4.90 Å². The molecule has 1 saturated carbocycles. The van der Waals surface area contributed by atoms with E-state index in [-0.39, 0.29) is 5.41 Å². The van der Waals surface area contributed by atoms with Crippen LogP contribution in [0.2, 0.25) is 0 Å². The molecule has 3 atom stereocenters. The van der Waals surface area contributed by atoms with Gasteiger partial charge in [0, 0.05) is 17.0 Å². The maximum atomic E-state index is 9.80. The van der Waals surface area contributed by atoms with Gasteiger partial charge in [-0.2, -0.15) is 0 Å². The lowest BCUT2D eigenvalue weighted by Gasteiger charge is -2.42. The Bertz CT molecular complexity index is 501. The minimum absolute atomic E-state index is 0.226. The number of likely N-dealkylation sites (tertiary alicyclic amines) is 1. The smallest absolute Gasteiger partial charge is 0.123 e. The van der Waals surface area contributed by atoms with E-state index in [0.717, 1.165) is 12.4 Å². The summed E-state index contributed by atoms with van der Waals surface area (Å²) in [5.74, 6) is 1.35. The molecule has 96 valence electrons. The van der Waals surface area contributed by atoms with Crippen molar-refractivity contribution in [2.75, 3.05) is 13.7 Å². The zero-order chi connectivity index (χ0) is 12.3. The second-order valence-electron chi connectivity index (χ2n) is 6.08. The topological polar surface area (TPSA) is 32.7 Å². The highest BCUT2D eigenvalue weighted by atomic mass is 16.5. The molecule has 2 fully saturated rings. The van der Waals surface area contributed by atoms with E-state index < -0.39 is 0 Å². The van der Waals surface area contributed by atoms with Gasteiger partial charge in [-0.25, -0.2) is 0 Å². The summed E-state index contributed by atoms with van der Waals surface area (Å²) in [5.41, 5.74) is 1.47. The number of fused-ring (bicyclic) bond motifs is 2. The molecule has 18 heavy (non-hydrogen) atoms. The number of hydrogen-bond donors (Lipinski definition) is 1. The molecular weight excluding hydrogens is 226 g/mol. The molecule has 1 aromatic rings. The summed E-state index contributed by atoms with van der Waals surface area (Å²) >= 11 is 0. The van der Waals surface area contributed by atoms with Crippen molar-refractivity contribution in [2.45, 2.75) is 43.2 Å². The largest absolute Gasteiger partial charge is 0.508 e. The van der Waals surface area contributed by atoms with Gasteiger partial charge in [0.05, 0.1) is 6.04 Å². The molecular formula is C15H19NO2. The van der Waals surface area contributed by atoms with Crippen molar-refractivity contribution in [3.8, 4) is 11.5 Å². The van der Waals surface area contributed by atoms with Crippen molar-refractivity contribution in [1.29, 1.82) is 0 Å². The van der Waals surface area contributed by atoms with Gasteiger partial charge in [0.15, 0.2) is 0 Å². The van der Waals surface area contributed by atoms with Gasteiger partial charge in [-0.1, -0.05) is 6.42 Å².